The van der Waals surface area contributed by atoms with Crippen LogP contribution in [0.25, 0.3) is 0 Å². The van der Waals surface area contributed by atoms with E-state index >= 15 is 0 Å². The predicted octanol–water partition coefficient (Wildman–Crippen LogP) is 13.5. The van der Waals surface area contributed by atoms with Gasteiger partial charge in [0.1, 0.15) is 5.78 Å². The molecule has 0 aliphatic carbocycles. The van der Waals surface area contributed by atoms with Crippen LogP contribution in [0.15, 0.2) is 29.2 Å². The summed E-state index contributed by atoms with van der Waals surface area (Å²) in [5.41, 5.74) is 2.74. The minimum absolute atomic E-state index is 0.00600. The van der Waals surface area contributed by atoms with E-state index < -0.39 is 30.4 Å². The van der Waals surface area contributed by atoms with Crippen LogP contribution in [-0.2, 0) is 24.5 Å². The molecule has 5 atom stereocenters. The lowest BCUT2D eigenvalue weighted by Crippen LogP contribution is -2.54. The Labute approximate surface area is 347 Å². The number of ketones is 1. The Kier molecular flexibility index (Phi) is 19.0. The van der Waals surface area contributed by atoms with E-state index in [0.29, 0.717) is 6.42 Å². The molecule has 0 unspecified atom stereocenters. The van der Waals surface area contributed by atoms with Crippen molar-refractivity contribution in [2.75, 3.05) is 6.61 Å². The number of allylic oxidation sites excluding steroid dienone is 1. The average Bonchev–Trinajstić information content (AvgIpc) is 3.42. The number of carbonyl (C=O) groups excluding carboxylic acids is 1. The van der Waals surface area contributed by atoms with Gasteiger partial charge in [0, 0.05) is 29.7 Å². The van der Waals surface area contributed by atoms with E-state index in [0.717, 1.165) is 48.4 Å². The first-order valence-corrected chi connectivity index (χ1v) is 30.6. The average molecular weight is 839 g/mol. The molecule has 0 aromatic carbocycles. The molecule has 55 heavy (non-hydrogen) atoms. The second kappa shape index (κ2) is 20.0. The fourth-order valence-electron chi connectivity index (χ4n) is 6.28. The zero-order valence-electron chi connectivity index (χ0n) is 39.6. The summed E-state index contributed by atoms with van der Waals surface area (Å²) in [7, 11) is -6.44. The number of aliphatic hydroxyl groups is 1. The fourth-order valence-corrected chi connectivity index (χ4v) is 11.2. The third kappa shape index (κ3) is 15.1. The maximum absolute atomic E-state index is 14.7. The van der Waals surface area contributed by atoms with Crippen LogP contribution in [0.1, 0.15) is 140 Å². The summed E-state index contributed by atoms with van der Waals surface area (Å²) in [5, 5.41) is 13.5. The smallest absolute Gasteiger partial charge is 0.192 e. The lowest BCUT2D eigenvalue weighted by molar-refractivity contribution is -0.141. The number of thiazole rings is 1. The molecule has 320 valence electrons. The van der Waals surface area contributed by atoms with Crippen molar-refractivity contribution in [1.82, 2.24) is 4.98 Å². The van der Waals surface area contributed by atoms with E-state index in [2.05, 4.69) is 147 Å². The van der Waals surface area contributed by atoms with Gasteiger partial charge in [-0.2, -0.15) is 0 Å². The van der Waals surface area contributed by atoms with Gasteiger partial charge < -0.3 is 18.4 Å². The molecule has 1 rings (SSSR count). The van der Waals surface area contributed by atoms with Crippen molar-refractivity contribution in [2.45, 2.75) is 215 Å². The molecule has 0 saturated carbocycles. The molecule has 0 saturated heterocycles. The number of aromatic nitrogens is 1. The highest BCUT2D eigenvalue weighted by Gasteiger charge is 2.49. The van der Waals surface area contributed by atoms with Crippen molar-refractivity contribution in [3.8, 4) is 0 Å². The molecule has 0 aliphatic heterocycles. The van der Waals surface area contributed by atoms with Gasteiger partial charge in [0.25, 0.3) is 0 Å². The molecule has 0 fully saturated rings. The first-order chi connectivity index (χ1) is 24.6. The van der Waals surface area contributed by atoms with Gasteiger partial charge in [-0.3, -0.25) is 4.79 Å². The molecule has 1 aromatic heterocycles. The number of carbonyl (C=O) groups is 1. The third-order valence-electron chi connectivity index (χ3n) is 13.5. The topological polar surface area (TPSA) is 77.9 Å². The second-order valence-electron chi connectivity index (χ2n) is 21.8. The Morgan fingerprint density at radius 2 is 1.35 bits per heavy atom. The SMILES string of the molecule is C=C(Cc1csc(C)n1)[C@H](C/C=C(/C)CCC[C@H](C)[C@H](O[Si](C)(C)C(C)(C)C)[C@@H](C)C(=O)C(C)(C)[C@H](CCO)O[Si](C)(C)C(C)(C)C)O[Si](C)(C)C(C)(C)C. The van der Waals surface area contributed by atoms with Crippen molar-refractivity contribution in [2.24, 2.45) is 17.3 Å². The van der Waals surface area contributed by atoms with Gasteiger partial charge in [0.2, 0.25) is 0 Å². The number of hydrogen-bond donors (Lipinski definition) is 1. The van der Waals surface area contributed by atoms with E-state index in [9.17, 15) is 9.90 Å². The Morgan fingerprint density at radius 1 is 0.855 bits per heavy atom. The third-order valence-corrected chi connectivity index (χ3v) is 27.7. The molecule has 0 amide bonds. The minimum atomic E-state index is -2.21. The molecular weight excluding hydrogens is 751 g/mol. The van der Waals surface area contributed by atoms with Gasteiger partial charge in [0.05, 0.1) is 29.0 Å². The molecule has 0 bridgehead atoms. The van der Waals surface area contributed by atoms with Gasteiger partial charge in [-0.1, -0.05) is 108 Å². The number of rotatable bonds is 22. The Balaban J connectivity index is 3.29. The fraction of sp³-hybridized carbons (Fsp3) is 0.822. The zero-order valence-corrected chi connectivity index (χ0v) is 43.5. The summed E-state index contributed by atoms with van der Waals surface area (Å²) >= 11 is 1.69. The van der Waals surface area contributed by atoms with Gasteiger partial charge >= 0.3 is 0 Å². The largest absolute Gasteiger partial charge is 0.413 e. The van der Waals surface area contributed by atoms with Crippen LogP contribution in [0.2, 0.25) is 54.4 Å². The lowest BCUT2D eigenvalue weighted by atomic mass is 9.73. The highest BCUT2D eigenvalue weighted by molar-refractivity contribution is 7.09. The predicted molar refractivity (Wildman–Crippen MR) is 247 cm³/mol. The molecule has 1 aromatic rings. The first kappa shape index (κ1) is 52.3. The summed E-state index contributed by atoms with van der Waals surface area (Å²) in [6.07, 6.45) is 6.67. The number of aliphatic hydroxyl groups excluding tert-OH is 1. The molecule has 1 N–H and O–H groups in total. The number of aryl methyl sites for hydroxylation is 1. The molecule has 0 radical (unpaired) electrons. The van der Waals surface area contributed by atoms with Crippen LogP contribution in [0.5, 0.6) is 0 Å². The van der Waals surface area contributed by atoms with Crippen molar-refractivity contribution in [3.63, 3.8) is 0 Å². The summed E-state index contributed by atoms with van der Waals surface area (Å²) < 4.78 is 21.1. The van der Waals surface area contributed by atoms with E-state index in [4.69, 9.17) is 18.3 Å². The summed E-state index contributed by atoms with van der Waals surface area (Å²) in [4.78, 5) is 19.4. The lowest BCUT2D eigenvalue weighted by Gasteiger charge is -2.46. The summed E-state index contributed by atoms with van der Waals surface area (Å²) in [5.74, 6) is 0.0307. The van der Waals surface area contributed by atoms with Crippen molar-refractivity contribution >= 4 is 42.1 Å². The van der Waals surface area contributed by atoms with E-state index in [1.165, 1.54) is 5.57 Å². The minimum Gasteiger partial charge on any atom is -0.413 e. The Bertz CT molecular complexity index is 1410. The first-order valence-electron chi connectivity index (χ1n) is 21.0. The van der Waals surface area contributed by atoms with Crippen LogP contribution < -0.4 is 0 Å². The maximum atomic E-state index is 14.7. The molecular formula is C45H87NO5SSi3. The van der Waals surface area contributed by atoms with Crippen LogP contribution in [0, 0.1) is 24.2 Å². The highest BCUT2D eigenvalue weighted by Crippen LogP contribution is 2.44. The van der Waals surface area contributed by atoms with Crippen molar-refractivity contribution in [3.05, 3.63) is 39.9 Å². The van der Waals surface area contributed by atoms with Gasteiger partial charge in [-0.05, 0) is 112 Å². The number of hydrogen-bond acceptors (Lipinski definition) is 7. The van der Waals surface area contributed by atoms with Gasteiger partial charge in [-0.15, -0.1) is 11.3 Å². The van der Waals surface area contributed by atoms with Crippen LogP contribution >= 0.6 is 11.3 Å². The molecule has 6 nitrogen and oxygen atoms in total. The summed E-state index contributed by atoms with van der Waals surface area (Å²) in [6.45, 7) is 51.2. The Hall–Kier alpha value is -0.729. The van der Waals surface area contributed by atoms with Crippen molar-refractivity contribution in [1.29, 1.82) is 0 Å². The molecule has 0 spiro atoms. The van der Waals surface area contributed by atoms with Crippen LogP contribution in [0.4, 0.5) is 0 Å². The standard InChI is InChI=1S/C45H87NO5SSi3/c1-32(26-27-38(49-53(17,18)42(6,7)8)34(3)30-37-31-52-36(5)46-37)24-23-25-33(2)40(51-55(21,22)44(12,13)14)35(4)41(48)45(15,16)39(28-29-47)50-54(19,20)43(9,10)11/h26,31,33,35,38-40,47H,3,23-25,27-30H2,1-2,4-22H3/b32-26-/t33-,35+,38-,39-,40-/m0/s1. The highest BCUT2D eigenvalue weighted by atomic mass is 32.1. The maximum Gasteiger partial charge on any atom is 0.192 e. The van der Waals surface area contributed by atoms with E-state index in [1.807, 2.05) is 13.8 Å². The normalized spacial score (nSPS) is 17.2. The zero-order chi connectivity index (χ0) is 43.2. The monoisotopic (exact) mass is 838 g/mol. The molecule has 1 heterocycles. The number of nitrogens with zero attached hydrogens (tertiary/aromatic N) is 1. The van der Waals surface area contributed by atoms with Crippen LogP contribution in [0.3, 0.4) is 0 Å². The van der Waals surface area contributed by atoms with Gasteiger partial charge in [-0.25, -0.2) is 4.98 Å². The molecule has 0 aliphatic rings. The second-order valence-corrected chi connectivity index (χ2v) is 37.1. The summed E-state index contributed by atoms with van der Waals surface area (Å²) in [6, 6.07) is 0. The molecule has 10 heteroatoms. The van der Waals surface area contributed by atoms with Crippen molar-refractivity contribution < 1.29 is 23.2 Å². The van der Waals surface area contributed by atoms with E-state index in [1.54, 1.807) is 11.3 Å². The van der Waals surface area contributed by atoms with Gasteiger partial charge in [0.15, 0.2) is 25.0 Å². The Morgan fingerprint density at radius 3 is 1.80 bits per heavy atom. The van der Waals surface area contributed by atoms with Crippen LogP contribution in [-0.4, -0.2) is 65.7 Å². The number of Topliss-reactive ketones (excluding diaryl/α,β-unsaturated/α-hetero) is 1. The van der Waals surface area contributed by atoms with E-state index in [-0.39, 0.29) is 57.7 Å². The quantitative estimate of drug-likeness (QED) is 0.0926.